The van der Waals surface area contributed by atoms with Gasteiger partial charge in [0.2, 0.25) is 0 Å². The molecule has 4 nitrogen and oxygen atoms in total. The van der Waals surface area contributed by atoms with Gasteiger partial charge in [0.1, 0.15) is 0 Å². The molecule has 4 rings (SSSR count). The Hall–Kier alpha value is -0.680. The Bertz CT molecular complexity index is 923. The summed E-state index contributed by atoms with van der Waals surface area (Å²) in [4.78, 5) is 12.1. The second-order valence-electron chi connectivity index (χ2n) is 13.8. The van der Waals surface area contributed by atoms with Crippen LogP contribution in [-0.4, -0.2) is 26.1 Å². The molecule has 218 valence electrons. The van der Waals surface area contributed by atoms with Crippen molar-refractivity contribution in [3.05, 3.63) is 11.6 Å². The summed E-state index contributed by atoms with van der Waals surface area (Å²) in [7, 11) is -3.48. The van der Waals surface area contributed by atoms with Crippen LogP contribution in [0.2, 0.25) is 0 Å². The summed E-state index contributed by atoms with van der Waals surface area (Å²) in [5.74, 6) is 2.30. The lowest BCUT2D eigenvalue weighted by Crippen LogP contribution is -2.51. The van der Waals surface area contributed by atoms with E-state index < -0.39 is 10.1 Å². The minimum Gasteiger partial charge on any atom is -0.295 e. The molecule has 0 amide bonds. The summed E-state index contributed by atoms with van der Waals surface area (Å²) in [5, 5.41) is 0. The van der Waals surface area contributed by atoms with Gasteiger partial charge in [-0.25, -0.2) is 0 Å². The molecule has 0 spiro atoms. The number of ketones is 1. The average Bonchev–Trinajstić information content (AvgIpc) is 3.20. The van der Waals surface area contributed by atoms with Crippen LogP contribution in [0.25, 0.3) is 0 Å². The van der Waals surface area contributed by atoms with Gasteiger partial charge in [-0.1, -0.05) is 97.0 Å². The smallest absolute Gasteiger partial charge is 0.267 e. The summed E-state index contributed by atoms with van der Waals surface area (Å²) in [6.07, 6.45) is 24.7. The van der Waals surface area contributed by atoms with Crippen LogP contribution in [0.3, 0.4) is 0 Å². The zero-order chi connectivity index (χ0) is 27.2. The number of carbonyl (C=O) groups is 1. The van der Waals surface area contributed by atoms with Crippen molar-refractivity contribution in [3.8, 4) is 0 Å². The van der Waals surface area contributed by atoms with Crippen LogP contribution in [-0.2, 0) is 19.1 Å². The fourth-order valence-electron chi connectivity index (χ4n) is 9.01. The molecule has 0 aromatic heterocycles. The first kappa shape index (κ1) is 30.3. The maximum Gasteiger partial charge on any atom is 0.267 e. The van der Waals surface area contributed by atoms with Gasteiger partial charge in [0.05, 0.1) is 11.9 Å². The van der Waals surface area contributed by atoms with Crippen molar-refractivity contribution in [2.45, 2.75) is 155 Å². The van der Waals surface area contributed by atoms with Crippen LogP contribution in [0.15, 0.2) is 11.6 Å². The molecule has 6 atom stereocenters. The third-order valence-electron chi connectivity index (χ3n) is 11.4. The predicted molar refractivity (Wildman–Crippen MR) is 156 cm³/mol. The van der Waals surface area contributed by atoms with Gasteiger partial charge in [0.25, 0.3) is 10.1 Å². The highest BCUT2D eigenvalue weighted by Gasteiger charge is 2.60. The molecule has 3 fully saturated rings. The van der Waals surface area contributed by atoms with Gasteiger partial charge in [-0.2, -0.15) is 8.42 Å². The molecule has 0 unspecified atom stereocenters. The third kappa shape index (κ3) is 6.96. The Morgan fingerprint density at radius 3 is 2.08 bits per heavy atom. The lowest BCUT2D eigenvalue weighted by molar-refractivity contribution is -0.117. The zero-order valence-corrected chi connectivity index (χ0v) is 25.6. The minimum absolute atomic E-state index is 0.0349. The Morgan fingerprint density at radius 2 is 1.42 bits per heavy atom. The van der Waals surface area contributed by atoms with E-state index in [2.05, 4.69) is 20.8 Å². The lowest BCUT2D eigenvalue weighted by atomic mass is 9.47. The van der Waals surface area contributed by atoms with Crippen molar-refractivity contribution in [2.75, 3.05) is 5.75 Å². The monoisotopic (exact) mass is 548 g/mol. The van der Waals surface area contributed by atoms with Gasteiger partial charge in [-0.15, -0.1) is 0 Å². The summed E-state index contributed by atoms with van der Waals surface area (Å²) >= 11 is 0. The lowest BCUT2D eigenvalue weighted by Gasteiger charge is -2.57. The van der Waals surface area contributed by atoms with Crippen LogP contribution in [0.5, 0.6) is 0 Å². The van der Waals surface area contributed by atoms with E-state index in [4.69, 9.17) is 4.18 Å². The number of rotatable bonds is 15. The minimum atomic E-state index is -3.48. The molecule has 0 N–H and O–H groups in total. The average molecular weight is 549 g/mol. The van der Waals surface area contributed by atoms with Crippen LogP contribution in [0, 0.1) is 28.6 Å². The number of hydrogen-bond donors (Lipinski definition) is 0. The van der Waals surface area contributed by atoms with E-state index in [-0.39, 0.29) is 22.7 Å². The van der Waals surface area contributed by atoms with E-state index in [1.807, 2.05) is 6.08 Å². The van der Waals surface area contributed by atoms with Crippen molar-refractivity contribution in [2.24, 2.45) is 28.6 Å². The fourth-order valence-corrected chi connectivity index (χ4v) is 10.3. The highest BCUT2D eigenvalue weighted by atomic mass is 32.2. The highest BCUT2D eigenvalue weighted by Crippen LogP contribution is 2.65. The number of unbranched alkanes of at least 4 members (excludes halogenated alkanes) is 11. The normalized spacial score (nSPS) is 34.9. The number of allylic oxidation sites excluding steroid dienone is 1. The molecule has 4 aliphatic carbocycles. The Balaban J connectivity index is 1.19. The molecule has 5 heteroatoms. The molecule has 0 bridgehead atoms. The van der Waals surface area contributed by atoms with Gasteiger partial charge >= 0.3 is 0 Å². The van der Waals surface area contributed by atoms with Crippen molar-refractivity contribution >= 4 is 15.9 Å². The van der Waals surface area contributed by atoms with E-state index in [1.165, 1.54) is 63.4 Å². The Labute approximate surface area is 234 Å². The number of fused-ring (bicyclic) bond motifs is 5. The van der Waals surface area contributed by atoms with E-state index in [0.29, 0.717) is 30.0 Å². The van der Waals surface area contributed by atoms with Crippen molar-refractivity contribution in [3.63, 3.8) is 0 Å². The third-order valence-corrected chi connectivity index (χ3v) is 12.7. The summed E-state index contributed by atoms with van der Waals surface area (Å²) in [6.45, 7) is 6.99. The van der Waals surface area contributed by atoms with Crippen LogP contribution < -0.4 is 0 Å². The van der Waals surface area contributed by atoms with Gasteiger partial charge in [0, 0.05) is 6.42 Å². The van der Waals surface area contributed by atoms with Crippen LogP contribution in [0.1, 0.15) is 149 Å². The van der Waals surface area contributed by atoms with Gasteiger partial charge in [0.15, 0.2) is 5.78 Å². The van der Waals surface area contributed by atoms with Gasteiger partial charge in [-0.05, 0) is 86.0 Å². The van der Waals surface area contributed by atoms with Crippen LogP contribution in [0.4, 0.5) is 0 Å². The topological polar surface area (TPSA) is 60.4 Å². The van der Waals surface area contributed by atoms with Crippen LogP contribution >= 0.6 is 0 Å². The summed E-state index contributed by atoms with van der Waals surface area (Å²) in [5.41, 5.74) is 1.53. The fraction of sp³-hybridized carbons (Fsp3) is 0.909. The molecule has 0 saturated heterocycles. The van der Waals surface area contributed by atoms with Gasteiger partial charge in [-0.3, -0.25) is 8.98 Å². The highest BCUT2D eigenvalue weighted by molar-refractivity contribution is 7.86. The molecule has 3 saturated carbocycles. The first-order chi connectivity index (χ1) is 18.2. The molecule has 0 aromatic carbocycles. The quantitative estimate of drug-likeness (QED) is 0.151. The first-order valence-corrected chi connectivity index (χ1v) is 17.9. The maximum absolute atomic E-state index is 13.0. The molecular weight excluding hydrogens is 492 g/mol. The van der Waals surface area contributed by atoms with Gasteiger partial charge < -0.3 is 0 Å². The van der Waals surface area contributed by atoms with E-state index in [9.17, 15) is 13.2 Å². The molecule has 0 aromatic rings. The molecule has 0 heterocycles. The Kier molecular flexibility index (Phi) is 10.6. The molecular formula is C33H56O4S. The van der Waals surface area contributed by atoms with E-state index in [1.54, 1.807) is 0 Å². The maximum atomic E-state index is 13.0. The Morgan fingerprint density at radius 1 is 0.789 bits per heavy atom. The number of hydrogen-bond acceptors (Lipinski definition) is 4. The van der Waals surface area contributed by atoms with E-state index in [0.717, 1.165) is 64.2 Å². The predicted octanol–water partition coefficient (Wildman–Crippen LogP) is 8.93. The van der Waals surface area contributed by atoms with Crippen molar-refractivity contribution < 1.29 is 17.4 Å². The second kappa shape index (κ2) is 13.3. The largest absolute Gasteiger partial charge is 0.295 e. The first-order valence-electron chi connectivity index (χ1n) is 16.3. The van der Waals surface area contributed by atoms with Crippen molar-refractivity contribution in [1.29, 1.82) is 0 Å². The summed E-state index contributed by atoms with van der Waals surface area (Å²) < 4.78 is 32.0. The standard InChI is InChI=1S/C33H56O4S/c1-4-5-6-7-8-9-10-11-12-13-14-15-24-38(35,36)37-31-19-18-29-28-17-16-26-25-27(34)20-22-32(26,2)30(28)21-23-33(29,31)3/h25,28-31H,4-24H2,1-3H3/t28-,29-,30-,31-,32-,33-/m0/s1. The zero-order valence-electron chi connectivity index (χ0n) is 24.8. The summed E-state index contributed by atoms with van der Waals surface area (Å²) in [6, 6.07) is 0. The number of carbonyl (C=O) groups excluding carboxylic acids is 1. The van der Waals surface area contributed by atoms with Crippen molar-refractivity contribution in [1.82, 2.24) is 0 Å². The molecule has 38 heavy (non-hydrogen) atoms. The molecule has 4 aliphatic rings. The molecule has 0 aliphatic heterocycles. The SMILES string of the molecule is CCCCCCCCCCCCCCS(=O)(=O)O[C@H]1CC[C@H]2[C@@H]3CCC4=CC(=O)CC[C@]4(C)[C@H]3CC[C@]12C. The van der Waals surface area contributed by atoms with E-state index >= 15 is 0 Å². The molecule has 0 radical (unpaired) electrons. The second-order valence-corrected chi connectivity index (χ2v) is 15.5.